The molecule has 0 radical (unpaired) electrons. The van der Waals surface area contributed by atoms with Gasteiger partial charge in [0, 0.05) is 19.8 Å². The summed E-state index contributed by atoms with van der Waals surface area (Å²) in [6.07, 6.45) is 0. The van der Waals surface area contributed by atoms with E-state index < -0.39 is 5.82 Å². The molecule has 84 valence electrons. The fourth-order valence-electron chi connectivity index (χ4n) is 1.27. The molecule has 0 saturated carbocycles. The molecule has 2 aromatic rings. The zero-order valence-electron chi connectivity index (χ0n) is 8.94. The van der Waals surface area contributed by atoms with Crippen molar-refractivity contribution in [3.63, 3.8) is 0 Å². The van der Waals surface area contributed by atoms with E-state index in [0.717, 1.165) is 0 Å². The summed E-state index contributed by atoms with van der Waals surface area (Å²) >= 11 is 0. The maximum atomic E-state index is 13.5. The van der Waals surface area contributed by atoms with Gasteiger partial charge in [-0.1, -0.05) is 6.07 Å². The first-order valence-electron chi connectivity index (χ1n) is 4.65. The van der Waals surface area contributed by atoms with Crippen LogP contribution in [-0.4, -0.2) is 24.2 Å². The Bertz CT molecular complexity index is 489. The molecule has 0 saturated heterocycles. The molecule has 0 unspecified atom stereocenters. The summed E-state index contributed by atoms with van der Waals surface area (Å²) in [5.41, 5.74) is 6.07. The lowest BCUT2D eigenvalue weighted by Crippen LogP contribution is -2.10. The van der Waals surface area contributed by atoms with Crippen LogP contribution in [0.15, 0.2) is 22.7 Å². The third kappa shape index (κ3) is 1.69. The fourth-order valence-corrected chi connectivity index (χ4v) is 1.27. The van der Waals surface area contributed by atoms with Gasteiger partial charge in [0.2, 0.25) is 0 Å². The smallest absolute Gasteiger partial charge is 0.265 e. The molecular formula is C10H11FN4O. The highest BCUT2D eigenvalue weighted by molar-refractivity contribution is 5.71. The number of halogens is 1. The summed E-state index contributed by atoms with van der Waals surface area (Å²) in [4.78, 5) is 5.69. The van der Waals surface area contributed by atoms with Crippen molar-refractivity contribution in [2.24, 2.45) is 0 Å². The van der Waals surface area contributed by atoms with E-state index in [9.17, 15) is 4.39 Å². The van der Waals surface area contributed by atoms with Crippen LogP contribution >= 0.6 is 0 Å². The minimum absolute atomic E-state index is 0.0827. The molecule has 1 aromatic heterocycles. The number of rotatable bonds is 2. The average Bonchev–Trinajstić information content (AvgIpc) is 2.66. The molecule has 1 heterocycles. The van der Waals surface area contributed by atoms with Crippen LogP contribution in [-0.2, 0) is 0 Å². The number of nitrogens with zero attached hydrogens (tertiary/aromatic N) is 3. The van der Waals surface area contributed by atoms with E-state index in [1.54, 1.807) is 25.1 Å². The molecule has 2 rings (SSSR count). The van der Waals surface area contributed by atoms with Crippen LogP contribution in [0.5, 0.6) is 0 Å². The van der Waals surface area contributed by atoms with Crippen molar-refractivity contribution >= 4 is 11.6 Å². The van der Waals surface area contributed by atoms with Gasteiger partial charge in [0.1, 0.15) is 5.82 Å². The minimum Gasteiger partial charge on any atom is -0.398 e. The third-order valence-electron chi connectivity index (χ3n) is 2.08. The Morgan fingerprint density at radius 1 is 1.38 bits per heavy atom. The minimum atomic E-state index is -0.478. The third-order valence-corrected chi connectivity index (χ3v) is 2.08. The SMILES string of the molecule is CN(C)c1noc(-c2c(N)cccc2F)n1. The highest BCUT2D eigenvalue weighted by Gasteiger charge is 2.16. The second-order valence-electron chi connectivity index (χ2n) is 3.50. The lowest BCUT2D eigenvalue weighted by atomic mass is 10.1. The number of nitrogens with two attached hydrogens (primary N) is 1. The second kappa shape index (κ2) is 3.80. The van der Waals surface area contributed by atoms with Gasteiger partial charge in [0.15, 0.2) is 0 Å². The van der Waals surface area contributed by atoms with Crippen LogP contribution < -0.4 is 10.6 Å². The first kappa shape index (κ1) is 10.4. The summed E-state index contributed by atoms with van der Waals surface area (Å²) in [5.74, 6) is -0.0223. The van der Waals surface area contributed by atoms with Crippen molar-refractivity contribution in [3.05, 3.63) is 24.0 Å². The predicted octanol–water partition coefficient (Wildman–Crippen LogP) is 1.52. The molecule has 0 bridgehead atoms. The number of hydrogen-bond acceptors (Lipinski definition) is 5. The summed E-state index contributed by atoms with van der Waals surface area (Å²) in [6, 6.07) is 4.40. The van der Waals surface area contributed by atoms with Crippen molar-refractivity contribution in [1.82, 2.24) is 10.1 Å². The zero-order chi connectivity index (χ0) is 11.7. The molecule has 0 aliphatic carbocycles. The van der Waals surface area contributed by atoms with Gasteiger partial charge in [-0.25, -0.2) is 4.39 Å². The number of benzene rings is 1. The quantitative estimate of drug-likeness (QED) is 0.780. The van der Waals surface area contributed by atoms with E-state index in [4.69, 9.17) is 10.3 Å². The molecule has 16 heavy (non-hydrogen) atoms. The fraction of sp³-hybridized carbons (Fsp3) is 0.200. The van der Waals surface area contributed by atoms with Crippen LogP contribution in [0.25, 0.3) is 11.5 Å². The highest BCUT2D eigenvalue weighted by Crippen LogP contribution is 2.28. The standard InChI is InChI=1S/C10H11FN4O/c1-15(2)10-13-9(16-14-10)8-6(11)4-3-5-7(8)12/h3-5H,12H2,1-2H3. The van der Waals surface area contributed by atoms with E-state index >= 15 is 0 Å². The van der Waals surface area contributed by atoms with Crippen LogP contribution in [0.4, 0.5) is 16.0 Å². The molecule has 0 fully saturated rings. The zero-order valence-corrected chi connectivity index (χ0v) is 8.94. The maximum absolute atomic E-state index is 13.5. The second-order valence-corrected chi connectivity index (χ2v) is 3.50. The lowest BCUT2D eigenvalue weighted by molar-refractivity contribution is 0.428. The first-order chi connectivity index (χ1) is 7.59. The van der Waals surface area contributed by atoms with Crippen molar-refractivity contribution in [1.29, 1.82) is 0 Å². The Morgan fingerprint density at radius 2 is 2.12 bits per heavy atom. The lowest BCUT2D eigenvalue weighted by Gasteiger charge is -2.03. The van der Waals surface area contributed by atoms with E-state index in [-0.39, 0.29) is 17.1 Å². The van der Waals surface area contributed by atoms with Crippen LogP contribution in [0.2, 0.25) is 0 Å². The number of anilines is 2. The van der Waals surface area contributed by atoms with Crippen molar-refractivity contribution < 1.29 is 8.91 Å². The van der Waals surface area contributed by atoms with Gasteiger partial charge in [-0.2, -0.15) is 4.98 Å². The van der Waals surface area contributed by atoms with E-state index in [2.05, 4.69) is 10.1 Å². The predicted molar refractivity (Wildman–Crippen MR) is 58.4 cm³/mol. The van der Waals surface area contributed by atoms with E-state index in [1.165, 1.54) is 12.1 Å². The summed E-state index contributed by atoms with van der Waals surface area (Å²) in [7, 11) is 3.53. The molecule has 0 aliphatic rings. The molecule has 2 N–H and O–H groups in total. The molecule has 6 heteroatoms. The van der Waals surface area contributed by atoms with Crippen molar-refractivity contribution in [3.8, 4) is 11.5 Å². The Labute approximate surface area is 91.7 Å². The van der Waals surface area contributed by atoms with Gasteiger partial charge < -0.3 is 15.2 Å². The molecule has 0 spiro atoms. The molecule has 0 aliphatic heterocycles. The number of aromatic nitrogens is 2. The maximum Gasteiger partial charge on any atom is 0.265 e. The average molecular weight is 222 g/mol. The molecule has 0 amide bonds. The monoisotopic (exact) mass is 222 g/mol. The van der Waals surface area contributed by atoms with Crippen LogP contribution in [0, 0.1) is 5.82 Å². The Kier molecular flexibility index (Phi) is 2.47. The van der Waals surface area contributed by atoms with Crippen molar-refractivity contribution in [2.45, 2.75) is 0 Å². The van der Waals surface area contributed by atoms with Gasteiger partial charge in [-0.05, 0) is 17.3 Å². The summed E-state index contributed by atoms with van der Waals surface area (Å²) < 4.78 is 18.5. The van der Waals surface area contributed by atoms with Crippen molar-refractivity contribution in [2.75, 3.05) is 24.7 Å². The Morgan fingerprint density at radius 3 is 2.69 bits per heavy atom. The van der Waals surface area contributed by atoms with E-state index in [0.29, 0.717) is 5.95 Å². The Balaban J connectivity index is 2.50. The van der Waals surface area contributed by atoms with Gasteiger partial charge in [0.25, 0.3) is 11.8 Å². The van der Waals surface area contributed by atoms with Gasteiger partial charge in [-0.3, -0.25) is 0 Å². The van der Waals surface area contributed by atoms with Gasteiger partial charge in [-0.15, -0.1) is 0 Å². The number of nitrogen functional groups attached to an aromatic ring is 1. The van der Waals surface area contributed by atoms with Crippen LogP contribution in [0.1, 0.15) is 0 Å². The molecule has 0 atom stereocenters. The number of hydrogen-bond donors (Lipinski definition) is 1. The largest absolute Gasteiger partial charge is 0.398 e. The van der Waals surface area contributed by atoms with E-state index in [1.807, 2.05) is 0 Å². The normalized spacial score (nSPS) is 10.4. The molecule has 5 nitrogen and oxygen atoms in total. The highest BCUT2D eigenvalue weighted by atomic mass is 19.1. The molecule has 1 aromatic carbocycles. The summed E-state index contributed by atoms with van der Waals surface area (Å²) in [6.45, 7) is 0. The topological polar surface area (TPSA) is 68.2 Å². The Hall–Kier alpha value is -2.11. The molecular weight excluding hydrogens is 211 g/mol. The van der Waals surface area contributed by atoms with Crippen LogP contribution in [0.3, 0.4) is 0 Å². The first-order valence-corrected chi connectivity index (χ1v) is 4.65. The van der Waals surface area contributed by atoms with Gasteiger partial charge >= 0.3 is 0 Å². The summed E-state index contributed by atoms with van der Waals surface area (Å²) in [5, 5.41) is 3.69. The van der Waals surface area contributed by atoms with Gasteiger partial charge in [0.05, 0.1) is 5.56 Å².